The fourth-order valence-electron chi connectivity index (χ4n) is 1.61. The number of hydrogen-bond donors (Lipinski definition) is 2. The Kier molecular flexibility index (Phi) is 3.40. The lowest BCUT2D eigenvalue weighted by atomic mass is 10.2. The van der Waals surface area contributed by atoms with Crippen LogP contribution in [0.4, 0.5) is 4.39 Å². The van der Waals surface area contributed by atoms with Gasteiger partial charge < -0.3 is 10.8 Å². The number of benzene rings is 1. The van der Waals surface area contributed by atoms with Crippen LogP contribution in [0.15, 0.2) is 18.2 Å². The number of phenolic OH excluding ortho intramolecular Hbond substituents is 1. The van der Waals surface area contributed by atoms with E-state index < -0.39 is 5.82 Å². The van der Waals surface area contributed by atoms with Crippen LogP contribution in [0.5, 0.6) is 5.75 Å². The third-order valence-corrected chi connectivity index (χ3v) is 3.63. The molecule has 0 fully saturated rings. The second kappa shape index (κ2) is 4.81. The van der Waals surface area contributed by atoms with Crippen LogP contribution in [0, 0.1) is 5.82 Å². The van der Waals surface area contributed by atoms with Crippen molar-refractivity contribution in [3.63, 3.8) is 0 Å². The van der Waals surface area contributed by atoms with E-state index in [1.54, 1.807) is 0 Å². The first-order valence-electron chi connectivity index (χ1n) is 5.33. The van der Waals surface area contributed by atoms with E-state index in [1.807, 2.05) is 6.92 Å². The van der Waals surface area contributed by atoms with Crippen LogP contribution in [-0.4, -0.2) is 10.1 Å². The van der Waals surface area contributed by atoms with Gasteiger partial charge in [0.25, 0.3) is 0 Å². The van der Waals surface area contributed by atoms with Gasteiger partial charge in [0.15, 0.2) is 0 Å². The number of thiazole rings is 1. The van der Waals surface area contributed by atoms with E-state index in [2.05, 4.69) is 4.98 Å². The molecule has 0 unspecified atom stereocenters. The third-order valence-electron chi connectivity index (χ3n) is 2.48. The number of aromatic nitrogens is 1. The maximum absolute atomic E-state index is 13.7. The van der Waals surface area contributed by atoms with Crippen LogP contribution in [0.1, 0.15) is 17.5 Å². The van der Waals surface area contributed by atoms with E-state index in [0.717, 1.165) is 23.1 Å². The smallest absolute Gasteiger partial charge is 0.137 e. The number of nitrogens with two attached hydrogens (primary N) is 1. The Balaban J connectivity index is 2.49. The van der Waals surface area contributed by atoms with Gasteiger partial charge in [-0.3, -0.25) is 0 Å². The number of aryl methyl sites for hydroxylation is 1. The van der Waals surface area contributed by atoms with Gasteiger partial charge in [-0.05, 0) is 18.6 Å². The topological polar surface area (TPSA) is 59.1 Å². The van der Waals surface area contributed by atoms with Gasteiger partial charge in [0.2, 0.25) is 0 Å². The lowest BCUT2D eigenvalue weighted by Gasteiger charge is -1.99. The van der Waals surface area contributed by atoms with Crippen LogP contribution in [-0.2, 0) is 13.0 Å². The molecule has 0 saturated heterocycles. The highest BCUT2D eigenvalue weighted by Gasteiger charge is 2.13. The molecule has 1 aromatic heterocycles. The predicted molar refractivity (Wildman–Crippen MR) is 66.4 cm³/mol. The molecule has 2 aromatic rings. The van der Waals surface area contributed by atoms with Crippen molar-refractivity contribution in [2.24, 2.45) is 5.73 Å². The van der Waals surface area contributed by atoms with Crippen LogP contribution in [0.2, 0.25) is 0 Å². The molecule has 0 amide bonds. The number of nitrogens with zero attached hydrogens (tertiary/aromatic N) is 1. The predicted octanol–water partition coefficient (Wildman–Crippen LogP) is 2.68. The van der Waals surface area contributed by atoms with Crippen molar-refractivity contribution in [2.45, 2.75) is 19.9 Å². The molecule has 3 N–H and O–H groups in total. The van der Waals surface area contributed by atoms with E-state index in [4.69, 9.17) is 10.8 Å². The highest BCUT2D eigenvalue weighted by Crippen LogP contribution is 2.31. The van der Waals surface area contributed by atoms with Crippen molar-refractivity contribution >= 4 is 11.3 Å². The minimum Gasteiger partial charge on any atom is -0.508 e. The zero-order valence-electron chi connectivity index (χ0n) is 9.40. The Morgan fingerprint density at radius 2 is 2.24 bits per heavy atom. The summed E-state index contributed by atoms with van der Waals surface area (Å²) in [6.45, 7) is 2.41. The first kappa shape index (κ1) is 12.0. The van der Waals surface area contributed by atoms with Crippen LogP contribution < -0.4 is 5.73 Å². The van der Waals surface area contributed by atoms with Gasteiger partial charge in [-0.15, -0.1) is 11.3 Å². The number of rotatable bonds is 3. The zero-order valence-corrected chi connectivity index (χ0v) is 10.2. The summed E-state index contributed by atoms with van der Waals surface area (Å²) in [4.78, 5) is 5.36. The molecule has 0 aliphatic heterocycles. The summed E-state index contributed by atoms with van der Waals surface area (Å²) in [6.07, 6.45) is 0.780. The summed E-state index contributed by atoms with van der Waals surface area (Å²) < 4.78 is 13.7. The quantitative estimate of drug-likeness (QED) is 0.883. The Labute approximate surface area is 103 Å². The van der Waals surface area contributed by atoms with Gasteiger partial charge in [0, 0.05) is 23.1 Å². The van der Waals surface area contributed by atoms with Gasteiger partial charge in [-0.25, -0.2) is 9.37 Å². The molecule has 0 spiro atoms. The van der Waals surface area contributed by atoms with E-state index in [0.29, 0.717) is 17.1 Å². The minimum atomic E-state index is -0.468. The maximum Gasteiger partial charge on any atom is 0.137 e. The van der Waals surface area contributed by atoms with Crippen LogP contribution in [0.3, 0.4) is 0 Å². The lowest BCUT2D eigenvalue weighted by molar-refractivity contribution is 0.469. The Morgan fingerprint density at radius 3 is 2.76 bits per heavy atom. The van der Waals surface area contributed by atoms with Crippen molar-refractivity contribution < 1.29 is 9.50 Å². The molecule has 0 saturated carbocycles. The molecule has 5 heteroatoms. The zero-order chi connectivity index (χ0) is 12.4. The minimum absolute atomic E-state index is 0.0856. The van der Waals surface area contributed by atoms with Crippen molar-refractivity contribution in [2.75, 3.05) is 0 Å². The SMILES string of the molecule is CCc1nc(-c2ccc(O)cc2F)sc1CN. The molecule has 17 heavy (non-hydrogen) atoms. The molecule has 3 nitrogen and oxygen atoms in total. The molecule has 0 bridgehead atoms. The fourth-order valence-corrected chi connectivity index (χ4v) is 2.67. The second-order valence-corrected chi connectivity index (χ2v) is 4.69. The standard InChI is InChI=1S/C12H13FN2OS/c1-2-10-11(6-14)17-12(15-10)8-4-3-7(16)5-9(8)13/h3-5,16H,2,6,14H2,1H3. The summed E-state index contributed by atoms with van der Waals surface area (Å²) in [5, 5.41) is 9.77. The van der Waals surface area contributed by atoms with E-state index in [1.165, 1.54) is 23.5 Å². The van der Waals surface area contributed by atoms with E-state index in [-0.39, 0.29) is 5.75 Å². The Bertz CT molecular complexity index is 518. The summed E-state index contributed by atoms with van der Waals surface area (Å²) in [5.74, 6) is -0.553. The molecule has 1 aromatic carbocycles. The average molecular weight is 252 g/mol. The van der Waals surface area contributed by atoms with Gasteiger partial charge >= 0.3 is 0 Å². The lowest BCUT2D eigenvalue weighted by Crippen LogP contribution is -1.96. The highest BCUT2D eigenvalue weighted by molar-refractivity contribution is 7.15. The molecule has 0 radical (unpaired) electrons. The number of halogens is 1. The van der Waals surface area contributed by atoms with E-state index >= 15 is 0 Å². The number of hydrogen-bond acceptors (Lipinski definition) is 4. The van der Waals surface area contributed by atoms with Crippen molar-refractivity contribution in [1.29, 1.82) is 0 Å². The number of aromatic hydroxyl groups is 1. The van der Waals surface area contributed by atoms with Crippen molar-refractivity contribution in [3.8, 4) is 16.3 Å². The van der Waals surface area contributed by atoms with Crippen molar-refractivity contribution in [1.82, 2.24) is 4.98 Å². The summed E-state index contributed by atoms with van der Waals surface area (Å²) in [7, 11) is 0. The summed E-state index contributed by atoms with van der Waals surface area (Å²) in [5.41, 5.74) is 6.94. The summed E-state index contributed by atoms with van der Waals surface area (Å²) >= 11 is 1.40. The molecular weight excluding hydrogens is 239 g/mol. The Morgan fingerprint density at radius 1 is 1.47 bits per heavy atom. The Hall–Kier alpha value is -1.46. The molecular formula is C12H13FN2OS. The molecule has 2 rings (SSSR count). The molecule has 1 heterocycles. The van der Waals surface area contributed by atoms with Gasteiger partial charge in [0.05, 0.1) is 5.69 Å². The molecule has 90 valence electrons. The second-order valence-electron chi connectivity index (χ2n) is 3.61. The monoisotopic (exact) mass is 252 g/mol. The highest BCUT2D eigenvalue weighted by atomic mass is 32.1. The van der Waals surface area contributed by atoms with Crippen LogP contribution in [0.25, 0.3) is 10.6 Å². The number of phenols is 1. The van der Waals surface area contributed by atoms with E-state index in [9.17, 15) is 4.39 Å². The van der Waals surface area contributed by atoms with Gasteiger partial charge in [-0.1, -0.05) is 6.92 Å². The molecule has 0 aliphatic carbocycles. The summed E-state index contributed by atoms with van der Waals surface area (Å²) in [6, 6.07) is 4.07. The average Bonchev–Trinajstić information content (AvgIpc) is 2.72. The fraction of sp³-hybridized carbons (Fsp3) is 0.250. The first-order chi connectivity index (χ1) is 8.15. The van der Waals surface area contributed by atoms with Gasteiger partial charge in [-0.2, -0.15) is 0 Å². The van der Waals surface area contributed by atoms with Gasteiger partial charge in [0.1, 0.15) is 16.6 Å². The molecule has 0 atom stereocenters. The normalized spacial score (nSPS) is 10.8. The largest absolute Gasteiger partial charge is 0.508 e. The first-order valence-corrected chi connectivity index (χ1v) is 6.15. The maximum atomic E-state index is 13.7. The third kappa shape index (κ3) is 2.30. The van der Waals surface area contributed by atoms with Crippen LogP contribution >= 0.6 is 11.3 Å². The molecule has 0 aliphatic rings. The van der Waals surface area contributed by atoms with Crippen molar-refractivity contribution in [3.05, 3.63) is 34.6 Å².